The molecule has 1 amide bonds. The lowest BCUT2D eigenvalue weighted by molar-refractivity contribution is 0.0526. The summed E-state index contributed by atoms with van der Waals surface area (Å²) in [6, 6.07) is 15.2. The van der Waals surface area contributed by atoms with Crippen LogP contribution in [-0.4, -0.2) is 32.7 Å². The zero-order valence-electron chi connectivity index (χ0n) is 15.9. The standard InChI is InChI=1S/C21H18N4O4/c1-3-29-21(28)13-8-10-14(11-9-13)22-19(26)15-12-18-20(27)24(2)16-6-4-5-7-17(16)25(18)23-15/h4-12H,3H2,1-2H3,(H,22,26). The quantitative estimate of drug-likeness (QED) is 0.541. The number of carbonyl (C=O) groups excluding carboxylic acids is 2. The third-order valence-corrected chi connectivity index (χ3v) is 4.59. The highest BCUT2D eigenvalue weighted by molar-refractivity contribution is 6.04. The second-order valence-corrected chi connectivity index (χ2v) is 6.43. The van der Waals surface area contributed by atoms with E-state index in [0.29, 0.717) is 23.4 Å². The minimum absolute atomic E-state index is 0.118. The Hall–Kier alpha value is -3.94. The maximum atomic E-state index is 12.6. The van der Waals surface area contributed by atoms with E-state index < -0.39 is 11.9 Å². The first-order valence-electron chi connectivity index (χ1n) is 9.05. The van der Waals surface area contributed by atoms with Crippen molar-refractivity contribution >= 4 is 34.1 Å². The molecule has 4 aromatic rings. The topological polar surface area (TPSA) is 94.7 Å². The van der Waals surface area contributed by atoms with Crippen molar-refractivity contribution in [3.8, 4) is 0 Å². The number of ether oxygens (including phenoxy) is 1. The first-order valence-corrected chi connectivity index (χ1v) is 9.05. The fraction of sp³-hybridized carbons (Fsp3) is 0.143. The van der Waals surface area contributed by atoms with Gasteiger partial charge in [0.1, 0.15) is 5.52 Å². The average molecular weight is 390 g/mol. The van der Waals surface area contributed by atoms with E-state index >= 15 is 0 Å². The summed E-state index contributed by atoms with van der Waals surface area (Å²) >= 11 is 0. The Morgan fingerprint density at radius 1 is 1.03 bits per heavy atom. The van der Waals surface area contributed by atoms with Crippen LogP contribution in [0.15, 0.2) is 59.4 Å². The molecule has 0 saturated heterocycles. The molecule has 0 aliphatic rings. The molecule has 0 radical (unpaired) electrons. The second-order valence-electron chi connectivity index (χ2n) is 6.43. The third-order valence-electron chi connectivity index (χ3n) is 4.59. The maximum absolute atomic E-state index is 12.6. The molecule has 1 N–H and O–H groups in total. The van der Waals surface area contributed by atoms with Crippen LogP contribution in [0.25, 0.3) is 16.6 Å². The molecule has 8 heteroatoms. The molecule has 29 heavy (non-hydrogen) atoms. The van der Waals surface area contributed by atoms with E-state index in [1.165, 1.54) is 15.1 Å². The molecule has 0 fully saturated rings. The Labute approximate surface area is 165 Å². The van der Waals surface area contributed by atoms with Crippen LogP contribution in [0.2, 0.25) is 0 Å². The molecule has 0 bridgehead atoms. The number of carbonyl (C=O) groups is 2. The minimum atomic E-state index is -0.455. The lowest BCUT2D eigenvalue weighted by Gasteiger charge is -2.06. The van der Waals surface area contributed by atoms with Crippen molar-refractivity contribution in [2.24, 2.45) is 7.05 Å². The van der Waals surface area contributed by atoms with E-state index in [-0.39, 0.29) is 11.3 Å². The average Bonchev–Trinajstić information content (AvgIpc) is 3.19. The van der Waals surface area contributed by atoms with E-state index in [9.17, 15) is 14.4 Å². The molecule has 0 spiro atoms. The number of para-hydroxylation sites is 2. The maximum Gasteiger partial charge on any atom is 0.338 e. The highest BCUT2D eigenvalue weighted by atomic mass is 16.5. The summed E-state index contributed by atoms with van der Waals surface area (Å²) in [4.78, 5) is 37.0. The Morgan fingerprint density at radius 2 is 1.72 bits per heavy atom. The largest absolute Gasteiger partial charge is 0.462 e. The van der Waals surface area contributed by atoms with Crippen molar-refractivity contribution in [2.45, 2.75) is 6.92 Å². The van der Waals surface area contributed by atoms with Gasteiger partial charge in [-0.3, -0.25) is 9.59 Å². The van der Waals surface area contributed by atoms with Crippen molar-refractivity contribution in [1.82, 2.24) is 14.2 Å². The van der Waals surface area contributed by atoms with Gasteiger partial charge in [-0.1, -0.05) is 12.1 Å². The van der Waals surface area contributed by atoms with Crippen molar-refractivity contribution in [3.05, 3.63) is 76.2 Å². The summed E-state index contributed by atoms with van der Waals surface area (Å²) in [5.74, 6) is -0.878. The summed E-state index contributed by atoms with van der Waals surface area (Å²) in [5, 5.41) is 7.05. The number of esters is 1. The number of aromatic nitrogens is 3. The smallest absolute Gasteiger partial charge is 0.338 e. The number of nitrogens with one attached hydrogen (secondary N) is 1. The SMILES string of the molecule is CCOC(=O)c1ccc(NC(=O)c2cc3c(=O)n(C)c4ccccc4n3n2)cc1. The van der Waals surface area contributed by atoms with Crippen LogP contribution >= 0.6 is 0 Å². The Bertz CT molecular complexity index is 1300. The molecule has 8 nitrogen and oxygen atoms in total. The van der Waals surface area contributed by atoms with Crippen molar-refractivity contribution in [3.63, 3.8) is 0 Å². The van der Waals surface area contributed by atoms with Gasteiger partial charge in [-0.05, 0) is 43.3 Å². The van der Waals surface area contributed by atoms with Gasteiger partial charge < -0.3 is 14.6 Å². The van der Waals surface area contributed by atoms with E-state index in [1.54, 1.807) is 38.2 Å². The normalized spacial score (nSPS) is 11.0. The van der Waals surface area contributed by atoms with E-state index in [4.69, 9.17) is 4.74 Å². The van der Waals surface area contributed by atoms with Crippen molar-refractivity contribution < 1.29 is 14.3 Å². The Morgan fingerprint density at radius 3 is 2.41 bits per heavy atom. The summed E-state index contributed by atoms with van der Waals surface area (Å²) in [6.45, 7) is 2.03. The number of hydrogen-bond acceptors (Lipinski definition) is 5. The van der Waals surface area contributed by atoms with Gasteiger partial charge in [0, 0.05) is 18.8 Å². The van der Waals surface area contributed by atoms with Crippen LogP contribution in [0.1, 0.15) is 27.8 Å². The van der Waals surface area contributed by atoms with E-state index in [0.717, 1.165) is 11.0 Å². The van der Waals surface area contributed by atoms with Crippen LogP contribution in [0.5, 0.6) is 0 Å². The molecular weight excluding hydrogens is 372 g/mol. The van der Waals surface area contributed by atoms with Gasteiger partial charge in [0.05, 0.1) is 23.2 Å². The predicted octanol–water partition coefficient (Wildman–Crippen LogP) is 2.62. The molecule has 146 valence electrons. The van der Waals surface area contributed by atoms with Crippen LogP contribution in [0.3, 0.4) is 0 Å². The van der Waals surface area contributed by atoms with E-state index in [2.05, 4.69) is 10.4 Å². The number of anilines is 1. The number of hydrogen-bond donors (Lipinski definition) is 1. The Balaban J connectivity index is 1.66. The summed E-state index contributed by atoms with van der Waals surface area (Å²) in [5.41, 5.74) is 2.53. The fourth-order valence-electron chi connectivity index (χ4n) is 3.14. The van der Waals surface area contributed by atoms with Gasteiger partial charge in [-0.25, -0.2) is 9.31 Å². The first kappa shape index (κ1) is 18.4. The summed E-state index contributed by atoms with van der Waals surface area (Å²) in [6.07, 6.45) is 0. The van der Waals surface area contributed by atoms with Gasteiger partial charge in [-0.2, -0.15) is 5.10 Å². The molecule has 0 aliphatic carbocycles. The molecule has 2 aromatic heterocycles. The molecule has 0 aliphatic heterocycles. The number of benzene rings is 2. The zero-order chi connectivity index (χ0) is 20.5. The molecule has 0 unspecified atom stereocenters. The Kier molecular flexibility index (Phi) is 4.59. The number of nitrogens with zero attached hydrogens (tertiary/aromatic N) is 3. The molecule has 2 heterocycles. The van der Waals surface area contributed by atoms with Crippen LogP contribution in [0.4, 0.5) is 5.69 Å². The number of rotatable bonds is 4. The molecule has 2 aromatic carbocycles. The predicted molar refractivity (Wildman–Crippen MR) is 108 cm³/mol. The lowest BCUT2D eigenvalue weighted by Crippen LogP contribution is -2.19. The molecule has 0 saturated carbocycles. The number of amides is 1. The molecule has 0 atom stereocenters. The number of aryl methyl sites for hydroxylation is 1. The van der Waals surface area contributed by atoms with Gasteiger partial charge in [0.2, 0.25) is 0 Å². The van der Waals surface area contributed by atoms with E-state index in [1.807, 2.05) is 24.3 Å². The molecule has 4 rings (SSSR count). The van der Waals surface area contributed by atoms with Crippen molar-refractivity contribution in [1.29, 1.82) is 0 Å². The van der Waals surface area contributed by atoms with Gasteiger partial charge in [0.25, 0.3) is 11.5 Å². The summed E-state index contributed by atoms with van der Waals surface area (Å²) in [7, 11) is 1.68. The highest BCUT2D eigenvalue weighted by Crippen LogP contribution is 2.16. The third kappa shape index (κ3) is 3.25. The highest BCUT2D eigenvalue weighted by Gasteiger charge is 2.16. The number of fused-ring (bicyclic) bond motifs is 3. The van der Waals surface area contributed by atoms with Crippen LogP contribution in [-0.2, 0) is 11.8 Å². The van der Waals surface area contributed by atoms with Gasteiger partial charge in [0.15, 0.2) is 5.69 Å². The van der Waals surface area contributed by atoms with Gasteiger partial charge >= 0.3 is 5.97 Å². The van der Waals surface area contributed by atoms with Crippen LogP contribution in [0, 0.1) is 0 Å². The van der Waals surface area contributed by atoms with Crippen LogP contribution < -0.4 is 10.9 Å². The second kappa shape index (κ2) is 7.23. The fourth-order valence-corrected chi connectivity index (χ4v) is 3.14. The zero-order valence-corrected chi connectivity index (χ0v) is 15.9. The lowest BCUT2D eigenvalue weighted by atomic mass is 10.2. The van der Waals surface area contributed by atoms with Gasteiger partial charge in [-0.15, -0.1) is 0 Å². The summed E-state index contributed by atoms with van der Waals surface area (Å²) < 4.78 is 7.95. The monoisotopic (exact) mass is 390 g/mol. The molecular formula is C21H18N4O4. The minimum Gasteiger partial charge on any atom is -0.462 e. The van der Waals surface area contributed by atoms with Crippen molar-refractivity contribution in [2.75, 3.05) is 11.9 Å². The first-order chi connectivity index (χ1) is 14.0.